The molecular weight excluding hydrogens is 280 g/mol. The van der Waals surface area contributed by atoms with E-state index in [2.05, 4.69) is 0 Å². The average molecular weight is 289 g/mol. The number of carboxylic acid groups (broad SMARTS) is 1. The van der Waals surface area contributed by atoms with E-state index in [4.69, 9.17) is 16.7 Å². The minimum Gasteiger partial charge on any atom is -0.477 e. The number of hydrogen-bond acceptors (Lipinski definition) is 2. The SMILES string of the molecule is O=C(O)c1cc2cc(-c3ccc(Cl)cc3)ccc2s1. The summed E-state index contributed by atoms with van der Waals surface area (Å²) in [7, 11) is 0. The molecule has 3 rings (SSSR count). The van der Waals surface area contributed by atoms with Crippen molar-refractivity contribution in [1.82, 2.24) is 0 Å². The first-order valence-corrected chi connectivity index (χ1v) is 6.86. The van der Waals surface area contributed by atoms with Crippen LogP contribution in [0.25, 0.3) is 21.2 Å². The molecule has 1 aromatic heterocycles. The number of fused-ring (bicyclic) bond motifs is 1. The van der Waals surface area contributed by atoms with E-state index >= 15 is 0 Å². The molecule has 0 aliphatic carbocycles. The molecule has 94 valence electrons. The summed E-state index contributed by atoms with van der Waals surface area (Å²) >= 11 is 7.16. The maximum Gasteiger partial charge on any atom is 0.345 e. The molecule has 0 aliphatic heterocycles. The molecule has 0 fully saturated rings. The number of aromatic carboxylic acids is 1. The summed E-state index contributed by atoms with van der Waals surface area (Å²) in [6.45, 7) is 0. The van der Waals surface area contributed by atoms with Gasteiger partial charge in [-0.2, -0.15) is 0 Å². The lowest BCUT2D eigenvalue weighted by atomic mass is 10.0. The Hall–Kier alpha value is -1.84. The van der Waals surface area contributed by atoms with Crippen LogP contribution in [0, 0.1) is 0 Å². The van der Waals surface area contributed by atoms with E-state index in [-0.39, 0.29) is 0 Å². The molecule has 1 heterocycles. The van der Waals surface area contributed by atoms with Gasteiger partial charge in [0.1, 0.15) is 4.88 Å². The van der Waals surface area contributed by atoms with E-state index in [1.165, 1.54) is 11.3 Å². The fourth-order valence-corrected chi connectivity index (χ4v) is 2.98. The van der Waals surface area contributed by atoms with Crippen LogP contribution in [0.15, 0.2) is 48.5 Å². The highest BCUT2D eigenvalue weighted by atomic mass is 35.5. The van der Waals surface area contributed by atoms with Gasteiger partial charge in [0.2, 0.25) is 0 Å². The molecule has 0 radical (unpaired) electrons. The second kappa shape index (κ2) is 4.68. The Morgan fingerprint density at radius 3 is 2.37 bits per heavy atom. The summed E-state index contributed by atoms with van der Waals surface area (Å²) in [5.41, 5.74) is 2.12. The van der Waals surface area contributed by atoms with Crippen LogP contribution >= 0.6 is 22.9 Å². The number of carboxylic acids is 1. The monoisotopic (exact) mass is 288 g/mol. The zero-order valence-corrected chi connectivity index (χ0v) is 11.3. The Kier molecular flexibility index (Phi) is 3.01. The van der Waals surface area contributed by atoms with Gasteiger partial charge in [0.05, 0.1) is 0 Å². The Labute approximate surface area is 118 Å². The molecule has 19 heavy (non-hydrogen) atoms. The van der Waals surface area contributed by atoms with Gasteiger partial charge in [0, 0.05) is 9.72 Å². The molecule has 0 atom stereocenters. The van der Waals surface area contributed by atoms with Crippen LogP contribution in [-0.4, -0.2) is 11.1 Å². The number of benzene rings is 2. The highest BCUT2D eigenvalue weighted by molar-refractivity contribution is 7.20. The van der Waals surface area contributed by atoms with Gasteiger partial charge in [0.25, 0.3) is 0 Å². The summed E-state index contributed by atoms with van der Waals surface area (Å²) in [5, 5.41) is 10.7. The Balaban J connectivity index is 2.10. The lowest BCUT2D eigenvalue weighted by molar-refractivity contribution is 0.0702. The van der Waals surface area contributed by atoms with Crippen molar-refractivity contribution in [2.24, 2.45) is 0 Å². The van der Waals surface area contributed by atoms with Crippen LogP contribution in [0.1, 0.15) is 9.67 Å². The normalized spacial score (nSPS) is 10.8. The number of carbonyl (C=O) groups is 1. The minimum atomic E-state index is -0.880. The fraction of sp³-hybridized carbons (Fsp3) is 0. The summed E-state index contributed by atoms with van der Waals surface area (Å²) < 4.78 is 0.982. The predicted molar refractivity (Wildman–Crippen MR) is 79.2 cm³/mol. The molecule has 0 saturated carbocycles. The molecule has 0 aliphatic rings. The standard InChI is InChI=1S/C15H9ClO2S/c16-12-4-1-9(2-5-12)10-3-6-13-11(7-10)8-14(19-13)15(17)18/h1-8H,(H,17,18). The fourth-order valence-electron chi connectivity index (χ4n) is 1.97. The van der Waals surface area contributed by atoms with Crippen molar-refractivity contribution in [2.75, 3.05) is 0 Å². The molecule has 0 spiro atoms. The van der Waals surface area contributed by atoms with Crippen molar-refractivity contribution in [3.05, 3.63) is 58.4 Å². The highest BCUT2D eigenvalue weighted by Crippen LogP contribution is 2.30. The molecule has 0 unspecified atom stereocenters. The number of rotatable bonds is 2. The lowest BCUT2D eigenvalue weighted by Gasteiger charge is -2.01. The van der Waals surface area contributed by atoms with Crippen LogP contribution in [-0.2, 0) is 0 Å². The first kappa shape index (κ1) is 12.2. The van der Waals surface area contributed by atoms with Gasteiger partial charge in [-0.25, -0.2) is 4.79 Å². The molecule has 2 aromatic carbocycles. The first-order chi connectivity index (χ1) is 9.13. The second-order valence-corrected chi connectivity index (χ2v) is 5.70. The summed E-state index contributed by atoms with van der Waals surface area (Å²) in [6, 6.07) is 15.3. The molecule has 0 bridgehead atoms. The van der Waals surface area contributed by atoms with Gasteiger partial charge in [-0.15, -0.1) is 11.3 Å². The Morgan fingerprint density at radius 2 is 1.68 bits per heavy atom. The molecule has 0 amide bonds. The zero-order chi connectivity index (χ0) is 13.4. The van der Waals surface area contributed by atoms with E-state index in [0.29, 0.717) is 9.90 Å². The van der Waals surface area contributed by atoms with Gasteiger partial charge < -0.3 is 5.11 Å². The van der Waals surface area contributed by atoms with E-state index in [0.717, 1.165) is 21.2 Å². The molecule has 4 heteroatoms. The van der Waals surface area contributed by atoms with E-state index in [1.807, 2.05) is 42.5 Å². The summed E-state index contributed by atoms with van der Waals surface area (Å²) in [6.07, 6.45) is 0. The maximum absolute atomic E-state index is 11.0. The summed E-state index contributed by atoms with van der Waals surface area (Å²) in [5.74, 6) is -0.880. The van der Waals surface area contributed by atoms with Crippen molar-refractivity contribution in [2.45, 2.75) is 0 Å². The molecule has 2 nitrogen and oxygen atoms in total. The number of halogens is 1. The van der Waals surface area contributed by atoms with Crippen LogP contribution in [0.5, 0.6) is 0 Å². The number of thiophene rings is 1. The Bertz CT molecular complexity index is 759. The van der Waals surface area contributed by atoms with Crippen molar-refractivity contribution in [1.29, 1.82) is 0 Å². The topological polar surface area (TPSA) is 37.3 Å². The largest absolute Gasteiger partial charge is 0.477 e. The van der Waals surface area contributed by atoms with E-state index in [9.17, 15) is 4.79 Å². The molecule has 0 saturated heterocycles. The summed E-state index contributed by atoms with van der Waals surface area (Å²) in [4.78, 5) is 11.3. The third-order valence-corrected chi connectivity index (χ3v) is 4.26. The Morgan fingerprint density at radius 1 is 1.00 bits per heavy atom. The van der Waals surface area contributed by atoms with Gasteiger partial charge in [-0.3, -0.25) is 0 Å². The van der Waals surface area contributed by atoms with Crippen LogP contribution < -0.4 is 0 Å². The first-order valence-electron chi connectivity index (χ1n) is 5.66. The smallest absolute Gasteiger partial charge is 0.345 e. The van der Waals surface area contributed by atoms with E-state index in [1.54, 1.807) is 6.07 Å². The van der Waals surface area contributed by atoms with Gasteiger partial charge >= 0.3 is 5.97 Å². The quantitative estimate of drug-likeness (QED) is 0.727. The number of hydrogen-bond donors (Lipinski definition) is 1. The van der Waals surface area contributed by atoms with Crippen molar-refractivity contribution < 1.29 is 9.90 Å². The maximum atomic E-state index is 11.0. The molecule has 1 N–H and O–H groups in total. The van der Waals surface area contributed by atoms with E-state index < -0.39 is 5.97 Å². The van der Waals surface area contributed by atoms with Crippen molar-refractivity contribution >= 4 is 39.0 Å². The third kappa shape index (κ3) is 2.35. The predicted octanol–water partition coefficient (Wildman–Crippen LogP) is 4.92. The third-order valence-electron chi connectivity index (χ3n) is 2.90. The molecule has 3 aromatic rings. The van der Waals surface area contributed by atoms with Crippen LogP contribution in [0.3, 0.4) is 0 Å². The van der Waals surface area contributed by atoms with Crippen LogP contribution in [0.4, 0.5) is 0 Å². The van der Waals surface area contributed by atoms with Gasteiger partial charge in [0.15, 0.2) is 0 Å². The van der Waals surface area contributed by atoms with Gasteiger partial charge in [-0.1, -0.05) is 29.8 Å². The van der Waals surface area contributed by atoms with Crippen molar-refractivity contribution in [3.63, 3.8) is 0 Å². The zero-order valence-electron chi connectivity index (χ0n) is 9.76. The second-order valence-electron chi connectivity index (χ2n) is 4.18. The average Bonchev–Trinajstić information content (AvgIpc) is 2.82. The lowest BCUT2D eigenvalue weighted by Crippen LogP contribution is -1.89. The molecular formula is C15H9ClO2S. The van der Waals surface area contributed by atoms with Crippen LogP contribution in [0.2, 0.25) is 5.02 Å². The minimum absolute atomic E-state index is 0.364. The van der Waals surface area contributed by atoms with Gasteiger partial charge in [-0.05, 0) is 46.8 Å². The van der Waals surface area contributed by atoms with Crippen molar-refractivity contribution in [3.8, 4) is 11.1 Å². The highest BCUT2D eigenvalue weighted by Gasteiger charge is 2.09.